The van der Waals surface area contributed by atoms with Crippen LogP contribution in [0.2, 0.25) is 0 Å². The fourth-order valence-electron chi connectivity index (χ4n) is 6.73. The second kappa shape index (κ2) is 9.10. The fourth-order valence-corrected chi connectivity index (χ4v) is 7.00. The van der Waals surface area contributed by atoms with Crippen molar-refractivity contribution in [1.29, 1.82) is 0 Å². The van der Waals surface area contributed by atoms with Gasteiger partial charge in [0.15, 0.2) is 11.6 Å². The molecule has 0 aromatic heterocycles. The summed E-state index contributed by atoms with van der Waals surface area (Å²) >= 11 is 3.42. The highest BCUT2D eigenvalue weighted by molar-refractivity contribution is 9.10. The fraction of sp³-hybridized carbons (Fsp3) is 0.121. The van der Waals surface area contributed by atoms with E-state index in [2.05, 4.69) is 21.2 Å². The van der Waals surface area contributed by atoms with Crippen LogP contribution in [-0.2, 0) is 10.2 Å². The van der Waals surface area contributed by atoms with Crippen LogP contribution in [0.1, 0.15) is 31.8 Å². The lowest BCUT2D eigenvalue weighted by atomic mass is 9.64. The molecule has 1 spiro atoms. The van der Waals surface area contributed by atoms with Gasteiger partial charge in [-0.25, -0.2) is 4.39 Å². The summed E-state index contributed by atoms with van der Waals surface area (Å²) in [5.74, 6) is -3.07. The molecule has 4 unspecified atom stereocenters. The number of amides is 1. The van der Waals surface area contributed by atoms with Crippen molar-refractivity contribution in [3.8, 4) is 0 Å². The maximum Gasteiger partial charge on any atom is 0.238 e. The average molecular weight is 593 g/mol. The first-order valence-corrected chi connectivity index (χ1v) is 13.8. The molecular weight excluding hydrogens is 571 g/mol. The van der Waals surface area contributed by atoms with E-state index >= 15 is 4.39 Å². The normalized spacial score (nSPS) is 23.9. The third kappa shape index (κ3) is 3.34. The Labute approximate surface area is 238 Å². The second-order valence-corrected chi connectivity index (χ2v) is 11.2. The van der Waals surface area contributed by atoms with Crippen LogP contribution in [0.5, 0.6) is 0 Å². The predicted octanol–water partition coefficient (Wildman–Crippen LogP) is 6.44. The van der Waals surface area contributed by atoms with Crippen molar-refractivity contribution in [2.24, 2.45) is 5.92 Å². The first-order valence-electron chi connectivity index (χ1n) is 13.0. The largest absolute Gasteiger partial charge is 0.352 e. The Morgan fingerprint density at radius 2 is 1.55 bits per heavy atom. The van der Waals surface area contributed by atoms with Crippen molar-refractivity contribution in [2.45, 2.75) is 17.5 Å². The SMILES string of the molecule is O=C(c1ccccc1F)C1C(C(=O)c2ccc(Br)cc2)C2(C(=O)Nc3ccccc32)C2C=Cc3ccccc3N12. The Morgan fingerprint density at radius 1 is 0.850 bits per heavy atom. The van der Waals surface area contributed by atoms with Gasteiger partial charge in [-0.1, -0.05) is 88.7 Å². The van der Waals surface area contributed by atoms with Gasteiger partial charge in [-0.15, -0.1) is 0 Å². The number of hydrogen-bond acceptors (Lipinski definition) is 4. The minimum Gasteiger partial charge on any atom is -0.352 e. The number of Topliss-reactive ketones (excluding diaryl/α,β-unsaturated/α-hetero) is 2. The molecule has 3 heterocycles. The first kappa shape index (κ1) is 24.7. The smallest absolute Gasteiger partial charge is 0.238 e. The number of nitrogens with zero attached hydrogens (tertiary/aromatic N) is 1. The molecule has 0 saturated carbocycles. The van der Waals surface area contributed by atoms with Crippen molar-refractivity contribution in [3.63, 3.8) is 0 Å². The number of carbonyl (C=O) groups is 3. The molecule has 1 fully saturated rings. The van der Waals surface area contributed by atoms with E-state index in [0.29, 0.717) is 22.5 Å². The summed E-state index contributed by atoms with van der Waals surface area (Å²) in [6, 6.07) is 25.7. The van der Waals surface area contributed by atoms with Gasteiger partial charge in [0.1, 0.15) is 17.3 Å². The Balaban J connectivity index is 1.55. The zero-order chi connectivity index (χ0) is 27.6. The number of para-hydroxylation sites is 2. The van der Waals surface area contributed by atoms with Gasteiger partial charge < -0.3 is 10.2 Å². The maximum atomic E-state index is 15.2. The van der Waals surface area contributed by atoms with E-state index in [1.54, 1.807) is 36.4 Å². The van der Waals surface area contributed by atoms with E-state index < -0.39 is 35.0 Å². The molecule has 4 aromatic rings. The lowest BCUT2D eigenvalue weighted by Crippen LogP contribution is -2.51. The maximum absolute atomic E-state index is 15.2. The minimum absolute atomic E-state index is 0.115. The van der Waals surface area contributed by atoms with Crippen molar-refractivity contribution < 1.29 is 18.8 Å². The number of nitrogens with one attached hydrogen (secondary N) is 1. The third-order valence-electron chi connectivity index (χ3n) is 8.36. The average Bonchev–Trinajstić information content (AvgIpc) is 3.45. The predicted molar refractivity (Wildman–Crippen MR) is 155 cm³/mol. The quantitative estimate of drug-likeness (QED) is 0.277. The summed E-state index contributed by atoms with van der Waals surface area (Å²) in [5, 5.41) is 3.00. The molecule has 5 nitrogen and oxygen atoms in total. The highest BCUT2D eigenvalue weighted by atomic mass is 79.9. The standard InChI is InChI=1S/C33H22BrFN2O3/c34-21-16-13-20(14-17-21)30(38)28-29(31(39)22-8-2-4-10-24(22)35)37-26-12-6-1-7-19(26)15-18-27(37)33(28)23-9-3-5-11-25(23)36-32(33)40/h1-18,27-29H,(H,36,40). The number of benzene rings is 4. The van der Waals surface area contributed by atoms with Crippen LogP contribution in [0, 0.1) is 11.7 Å². The van der Waals surface area contributed by atoms with Crippen LogP contribution in [-0.4, -0.2) is 29.6 Å². The molecule has 1 amide bonds. The summed E-state index contributed by atoms with van der Waals surface area (Å²) in [4.78, 5) is 45.3. The Morgan fingerprint density at radius 3 is 2.35 bits per heavy atom. The molecule has 7 rings (SSSR count). The van der Waals surface area contributed by atoms with E-state index in [4.69, 9.17) is 0 Å². The van der Waals surface area contributed by atoms with Gasteiger partial charge in [-0.2, -0.15) is 0 Å². The molecule has 7 heteroatoms. The second-order valence-electron chi connectivity index (χ2n) is 10.3. The van der Waals surface area contributed by atoms with Crippen molar-refractivity contribution in [2.75, 3.05) is 10.2 Å². The van der Waals surface area contributed by atoms with Crippen LogP contribution < -0.4 is 10.2 Å². The van der Waals surface area contributed by atoms with Gasteiger partial charge in [0, 0.05) is 21.4 Å². The number of ketones is 2. The van der Waals surface area contributed by atoms with E-state index in [-0.39, 0.29) is 17.3 Å². The number of carbonyl (C=O) groups excluding carboxylic acids is 3. The number of hydrogen-bond donors (Lipinski definition) is 1. The zero-order valence-corrected chi connectivity index (χ0v) is 22.6. The molecule has 0 radical (unpaired) electrons. The van der Waals surface area contributed by atoms with Crippen LogP contribution in [0.4, 0.5) is 15.8 Å². The van der Waals surface area contributed by atoms with Gasteiger partial charge in [0.05, 0.1) is 17.5 Å². The Bertz CT molecular complexity index is 1750. The molecule has 0 bridgehead atoms. The van der Waals surface area contributed by atoms with Crippen LogP contribution in [0.3, 0.4) is 0 Å². The Hall–Kier alpha value is -4.36. The van der Waals surface area contributed by atoms with E-state index in [0.717, 1.165) is 10.0 Å². The highest BCUT2D eigenvalue weighted by Crippen LogP contribution is 2.58. The van der Waals surface area contributed by atoms with Crippen molar-refractivity contribution >= 4 is 50.9 Å². The molecule has 3 aliphatic rings. The Kier molecular flexibility index (Phi) is 5.61. The minimum atomic E-state index is -1.43. The monoisotopic (exact) mass is 592 g/mol. The highest BCUT2D eigenvalue weighted by Gasteiger charge is 2.70. The van der Waals surface area contributed by atoms with Gasteiger partial charge >= 0.3 is 0 Å². The summed E-state index contributed by atoms with van der Waals surface area (Å²) in [6.45, 7) is 0. The lowest BCUT2D eigenvalue weighted by Gasteiger charge is -2.37. The van der Waals surface area contributed by atoms with E-state index in [1.807, 2.05) is 59.5 Å². The first-order chi connectivity index (χ1) is 19.4. The molecule has 40 heavy (non-hydrogen) atoms. The van der Waals surface area contributed by atoms with Crippen LogP contribution in [0.15, 0.2) is 108 Å². The van der Waals surface area contributed by atoms with E-state index in [1.165, 1.54) is 18.2 Å². The third-order valence-corrected chi connectivity index (χ3v) is 8.89. The molecule has 0 aliphatic carbocycles. The van der Waals surface area contributed by atoms with Crippen LogP contribution in [0.25, 0.3) is 6.08 Å². The van der Waals surface area contributed by atoms with E-state index in [9.17, 15) is 14.4 Å². The van der Waals surface area contributed by atoms with Gasteiger partial charge in [0.25, 0.3) is 0 Å². The summed E-state index contributed by atoms with van der Waals surface area (Å²) < 4.78 is 16.0. The van der Waals surface area contributed by atoms with Crippen LogP contribution >= 0.6 is 15.9 Å². The van der Waals surface area contributed by atoms with Crippen molar-refractivity contribution in [3.05, 3.63) is 136 Å². The van der Waals surface area contributed by atoms with Crippen molar-refractivity contribution in [1.82, 2.24) is 0 Å². The number of fused-ring (bicyclic) bond motifs is 6. The summed E-state index contributed by atoms with van der Waals surface area (Å²) in [6.07, 6.45) is 3.84. The molecule has 1 saturated heterocycles. The summed E-state index contributed by atoms with van der Waals surface area (Å²) in [5.41, 5.74) is 1.64. The molecule has 1 N–H and O–H groups in total. The lowest BCUT2D eigenvalue weighted by molar-refractivity contribution is -0.121. The van der Waals surface area contributed by atoms with Gasteiger partial charge in [-0.05, 0) is 47.5 Å². The number of halogens is 2. The van der Waals surface area contributed by atoms with Gasteiger partial charge in [-0.3, -0.25) is 14.4 Å². The molecule has 4 aromatic carbocycles. The molecule has 196 valence electrons. The molecular formula is C33H22BrFN2O3. The number of anilines is 2. The van der Waals surface area contributed by atoms with Gasteiger partial charge in [0.2, 0.25) is 5.91 Å². The number of rotatable bonds is 4. The molecule has 4 atom stereocenters. The summed E-state index contributed by atoms with van der Waals surface area (Å²) in [7, 11) is 0. The topological polar surface area (TPSA) is 66.5 Å². The molecule has 3 aliphatic heterocycles. The zero-order valence-electron chi connectivity index (χ0n) is 21.1.